The van der Waals surface area contributed by atoms with Crippen molar-refractivity contribution in [2.75, 3.05) is 45.9 Å². The van der Waals surface area contributed by atoms with Crippen molar-refractivity contribution in [1.82, 2.24) is 14.7 Å². The van der Waals surface area contributed by atoms with Crippen LogP contribution in [0.3, 0.4) is 0 Å². The zero-order valence-electron chi connectivity index (χ0n) is 18.4. The Labute approximate surface area is 188 Å². The van der Waals surface area contributed by atoms with Crippen molar-refractivity contribution in [2.45, 2.75) is 50.5 Å². The van der Waals surface area contributed by atoms with Gasteiger partial charge >= 0.3 is 5.97 Å². The molecule has 4 heterocycles. The Morgan fingerprint density at radius 3 is 2.48 bits per heavy atom. The fourth-order valence-corrected chi connectivity index (χ4v) is 7.34. The topological polar surface area (TPSA) is 105 Å². The van der Waals surface area contributed by atoms with E-state index in [-0.39, 0.29) is 30.2 Å². The number of β-amino-alcohol motifs (C(OH)–C–C–N with tert-alkyl or cyclic N) is 1. The third-order valence-corrected chi connectivity index (χ3v) is 9.01. The average molecular weight is 454 g/mol. The summed E-state index contributed by atoms with van der Waals surface area (Å²) in [5, 5.41) is 29.2. The van der Waals surface area contributed by atoms with E-state index >= 15 is 0 Å². The van der Waals surface area contributed by atoms with E-state index in [9.17, 15) is 19.8 Å². The minimum atomic E-state index is -1.04. The predicted molar refractivity (Wildman–Crippen MR) is 118 cm³/mol. The van der Waals surface area contributed by atoms with Crippen molar-refractivity contribution in [3.63, 3.8) is 0 Å². The van der Waals surface area contributed by atoms with Crippen LogP contribution in [0.4, 0.5) is 0 Å². The number of carboxylic acid groups (broad SMARTS) is 1. The van der Waals surface area contributed by atoms with Crippen molar-refractivity contribution < 1.29 is 24.9 Å². The summed E-state index contributed by atoms with van der Waals surface area (Å²) in [6, 6.07) is -0.234. The Hall–Kier alpha value is -1.13. The molecule has 3 saturated heterocycles. The maximum absolute atomic E-state index is 12.5. The number of amides is 1. The molecule has 0 bridgehead atoms. The van der Waals surface area contributed by atoms with Gasteiger partial charge in [-0.15, -0.1) is 11.8 Å². The van der Waals surface area contributed by atoms with Crippen molar-refractivity contribution in [3.8, 4) is 0 Å². The third-order valence-electron chi connectivity index (χ3n) is 7.47. The van der Waals surface area contributed by atoms with E-state index in [0.717, 1.165) is 50.6 Å². The largest absolute Gasteiger partial charge is 0.477 e. The van der Waals surface area contributed by atoms with E-state index in [1.807, 2.05) is 6.92 Å². The lowest BCUT2D eigenvalue weighted by atomic mass is 9.79. The molecule has 5 atom stereocenters. The Morgan fingerprint density at radius 1 is 1.19 bits per heavy atom. The molecule has 0 aromatic heterocycles. The van der Waals surface area contributed by atoms with E-state index in [0.29, 0.717) is 11.2 Å². The molecule has 174 valence electrons. The van der Waals surface area contributed by atoms with E-state index in [2.05, 4.69) is 9.80 Å². The minimum Gasteiger partial charge on any atom is -0.477 e. The van der Waals surface area contributed by atoms with Crippen LogP contribution in [0, 0.1) is 17.8 Å². The molecule has 9 heteroatoms. The van der Waals surface area contributed by atoms with Gasteiger partial charge in [-0.25, -0.2) is 4.79 Å². The number of rotatable bonds is 8. The summed E-state index contributed by atoms with van der Waals surface area (Å²) >= 11 is 1.64. The standard InChI is InChI=1S/C22H35N3O5S/c1-13-18-17(14(2)27)21(28)25(18)19(22(29)30)20(13)31-16-5-8-24(12-16)11-15-3-6-23(7-4-15)9-10-26/h13-18,26-27H,3-12H2,1-2H3,(H,29,30)/t13-,14?,16-,17-,18-/m1/s1. The van der Waals surface area contributed by atoms with Crippen molar-refractivity contribution in [3.05, 3.63) is 10.6 Å². The molecule has 0 aromatic rings. The fraction of sp³-hybridized carbons (Fsp3) is 0.818. The molecule has 0 aliphatic carbocycles. The second kappa shape index (κ2) is 9.39. The predicted octanol–water partition coefficient (Wildman–Crippen LogP) is 0.652. The van der Waals surface area contributed by atoms with Gasteiger partial charge in [-0.3, -0.25) is 4.79 Å². The zero-order chi connectivity index (χ0) is 22.3. The zero-order valence-corrected chi connectivity index (χ0v) is 19.3. The first kappa shape index (κ1) is 23.0. The highest BCUT2D eigenvalue weighted by atomic mass is 32.2. The molecule has 3 N–H and O–H groups in total. The number of hydrogen-bond donors (Lipinski definition) is 3. The van der Waals surface area contributed by atoms with E-state index in [1.54, 1.807) is 18.7 Å². The first-order chi connectivity index (χ1) is 14.8. The number of aliphatic hydroxyl groups is 2. The maximum Gasteiger partial charge on any atom is 0.353 e. The molecule has 1 amide bonds. The summed E-state index contributed by atoms with van der Waals surface area (Å²) < 4.78 is 0. The van der Waals surface area contributed by atoms with Gasteiger partial charge in [0.2, 0.25) is 5.91 Å². The number of fused-ring (bicyclic) bond motifs is 1. The van der Waals surface area contributed by atoms with Gasteiger partial charge in [0.1, 0.15) is 5.70 Å². The van der Waals surface area contributed by atoms with Crippen LogP contribution in [-0.2, 0) is 9.59 Å². The van der Waals surface area contributed by atoms with Crippen molar-refractivity contribution >= 4 is 23.6 Å². The number of β-lactam (4-membered cyclic amide) rings is 1. The first-order valence-corrected chi connectivity index (χ1v) is 12.4. The highest BCUT2D eigenvalue weighted by Crippen LogP contribution is 2.51. The Morgan fingerprint density at radius 2 is 1.87 bits per heavy atom. The maximum atomic E-state index is 12.5. The Bertz CT molecular complexity index is 737. The summed E-state index contributed by atoms with van der Waals surface area (Å²) in [6.45, 7) is 9.77. The first-order valence-electron chi connectivity index (χ1n) is 11.5. The molecule has 3 fully saturated rings. The highest BCUT2D eigenvalue weighted by Gasteiger charge is 2.60. The lowest BCUT2D eigenvalue weighted by Gasteiger charge is -2.46. The molecule has 0 aromatic carbocycles. The number of nitrogens with zero attached hydrogens (tertiary/aromatic N) is 3. The molecular formula is C22H35N3O5S. The van der Waals surface area contributed by atoms with Crippen LogP contribution in [0.5, 0.6) is 0 Å². The molecule has 4 aliphatic rings. The van der Waals surface area contributed by atoms with Gasteiger partial charge in [0, 0.05) is 35.7 Å². The number of aliphatic carboxylic acids is 1. The number of piperidine rings is 1. The van der Waals surface area contributed by atoms with Gasteiger partial charge in [0.05, 0.1) is 24.7 Å². The fourth-order valence-electron chi connectivity index (χ4n) is 5.82. The van der Waals surface area contributed by atoms with E-state index in [1.165, 1.54) is 17.7 Å². The minimum absolute atomic E-state index is 0.0571. The Balaban J connectivity index is 1.34. The van der Waals surface area contributed by atoms with Crippen LogP contribution in [0.15, 0.2) is 10.6 Å². The number of carbonyl (C=O) groups is 2. The molecule has 1 unspecified atom stereocenters. The number of carboxylic acids is 1. The lowest BCUT2D eigenvalue weighted by Crippen LogP contribution is -2.63. The average Bonchev–Trinajstić information content (AvgIpc) is 3.25. The molecule has 4 rings (SSSR count). The summed E-state index contributed by atoms with van der Waals surface area (Å²) in [4.78, 5) is 31.5. The molecular weight excluding hydrogens is 418 g/mol. The van der Waals surface area contributed by atoms with Crippen LogP contribution in [0.25, 0.3) is 0 Å². The van der Waals surface area contributed by atoms with Gasteiger partial charge in [0.25, 0.3) is 0 Å². The molecule has 31 heavy (non-hydrogen) atoms. The van der Waals surface area contributed by atoms with E-state index < -0.39 is 18.0 Å². The summed E-state index contributed by atoms with van der Waals surface area (Å²) in [6.07, 6.45) is 2.59. The van der Waals surface area contributed by atoms with Crippen molar-refractivity contribution in [1.29, 1.82) is 0 Å². The van der Waals surface area contributed by atoms with Gasteiger partial charge in [-0.2, -0.15) is 0 Å². The summed E-state index contributed by atoms with van der Waals surface area (Å²) in [5.74, 6) is -1.18. The monoisotopic (exact) mass is 453 g/mol. The molecule has 4 aliphatic heterocycles. The Kier molecular flexibility index (Phi) is 6.98. The van der Waals surface area contributed by atoms with Crippen LogP contribution in [0.2, 0.25) is 0 Å². The lowest BCUT2D eigenvalue weighted by molar-refractivity contribution is -0.163. The number of likely N-dealkylation sites (tertiary alicyclic amines) is 2. The van der Waals surface area contributed by atoms with Crippen molar-refractivity contribution in [2.24, 2.45) is 17.8 Å². The normalized spacial score (nSPS) is 33.7. The number of carbonyl (C=O) groups excluding carboxylic acids is 1. The molecule has 0 saturated carbocycles. The quantitative estimate of drug-likeness (QED) is 0.460. The second-order valence-corrected chi connectivity index (χ2v) is 10.9. The van der Waals surface area contributed by atoms with Crippen LogP contribution >= 0.6 is 11.8 Å². The van der Waals surface area contributed by atoms with Gasteiger partial charge in [0.15, 0.2) is 0 Å². The molecule has 0 radical (unpaired) electrons. The van der Waals surface area contributed by atoms with Crippen LogP contribution in [-0.4, -0.2) is 105 Å². The number of aliphatic hydroxyl groups excluding tert-OH is 2. The third kappa shape index (κ3) is 4.39. The molecule has 8 nitrogen and oxygen atoms in total. The molecule has 0 spiro atoms. The van der Waals surface area contributed by atoms with E-state index in [4.69, 9.17) is 5.11 Å². The van der Waals surface area contributed by atoms with Gasteiger partial charge in [-0.1, -0.05) is 6.92 Å². The second-order valence-electron chi connectivity index (χ2n) is 9.57. The summed E-state index contributed by atoms with van der Waals surface area (Å²) in [5.41, 5.74) is 0.138. The van der Waals surface area contributed by atoms with Crippen LogP contribution in [0.1, 0.15) is 33.1 Å². The summed E-state index contributed by atoms with van der Waals surface area (Å²) in [7, 11) is 0. The SMILES string of the molecule is CC(O)[C@H]1C(=O)N2C(C(=O)O)=C(S[C@@H]3CCN(CC4CCN(CCO)CC4)C3)[C@H](C)[C@H]12. The number of hydrogen-bond acceptors (Lipinski definition) is 7. The highest BCUT2D eigenvalue weighted by molar-refractivity contribution is 8.03. The van der Waals surface area contributed by atoms with Crippen LogP contribution < -0.4 is 0 Å². The number of thioether (sulfide) groups is 1. The van der Waals surface area contributed by atoms with Gasteiger partial charge in [-0.05, 0) is 51.7 Å². The van der Waals surface area contributed by atoms with Gasteiger partial charge < -0.3 is 30.0 Å². The smallest absolute Gasteiger partial charge is 0.353 e.